The largest absolute Gasteiger partial charge is 0.262 e. The molecule has 21 heavy (non-hydrogen) atoms. The van der Waals surface area contributed by atoms with E-state index in [1.165, 1.54) is 6.07 Å². The Balaban J connectivity index is 1.79. The van der Waals surface area contributed by atoms with Gasteiger partial charge in [0.25, 0.3) is 0 Å². The van der Waals surface area contributed by atoms with Gasteiger partial charge in [-0.1, -0.05) is 0 Å². The molecule has 1 aliphatic carbocycles. The molecule has 1 saturated carbocycles. The number of benzene rings is 1. The zero-order valence-electron chi connectivity index (χ0n) is 11.7. The first kappa shape index (κ1) is 14.1. The summed E-state index contributed by atoms with van der Waals surface area (Å²) < 4.78 is 39.6. The van der Waals surface area contributed by atoms with Crippen molar-refractivity contribution in [2.45, 2.75) is 44.4 Å². The van der Waals surface area contributed by atoms with Crippen LogP contribution in [0.5, 0.6) is 0 Å². The molecule has 112 valence electrons. The van der Waals surface area contributed by atoms with Gasteiger partial charge in [0.05, 0.1) is 0 Å². The molecule has 0 atom stereocenters. The number of hydrogen-bond acceptors (Lipinski definition) is 2. The number of aromatic nitrogens is 3. The minimum Gasteiger partial charge on any atom is -0.262 e. The molecule has 0 bridgehead atoms. The summed E-state index contributed by atoms with van der Waals surface area (Å²) in [5.41, 5.74) is 1.24. The van der Waals surface area contributed by atoms with E-state index in [0.717, 1.165) is 5.56 Å². The van der Waals surface area contributed by atoms with Crippen LogP contribution in [0.25, 0.3) is 11.4 Å². The van der Waals surface area contributed by atoms with Crippen molar-refractivity contribution in [3.63, 3.8) is 0 Å². The second-order valence-electron chi connectivity index (χ2n) is 5.64. The first-order valence-electron chi connectivity index (χ1n) is 7.01. The van der Waals surface area contributed by atoms with Crippen LogP contribution in [-0.4, -0.2) is 21.1 Å². The summed E-state index contributed by atoms with van der Waals surface area (Å²) in [6.07, 6.45) is 0.598. The lowest BCUT2D eigenvalue weighted by Gasteiger charge is -2.26. The Morgan fingerprint density at radius 3 is 2.62 bits per heavy atom. The van der Waals surface area contributed by atoms with Crippen LogP contribution < -0.4 is 0 Å². The lowest BCUT2D eigenvalue weighted by atomic mass is 9.86. The van der Waals surface area contributed by atoms with Crippen molar-refractivity contribution < 1.29 is 13.2 Å². The van der Waals surface area contributed by atoms with E-state index in [1.54, 1.807) is 19.1 Å². The average molecular weight is 295 g/mol. The number of alkyl halides is 2. The van der Waals surface area contributed by atoms with Crippen LogP contribution in [0.1, 0.15) is 43.0 Å². The lowest BCUT2D eigenvalue weighted by Crippen LogP contribution is -2.24. The van der Waals surface area contributed by atoms with Crippen molar-refractivity contribution in [3.8, 4) is 11.4 Å². The standard InChI is InChI=1S/C15H16F3N3/c1-9-8-11(2-3-12(9)16)14-19-13(20-21-14)10-4-6-15(17,18)7-5-10/h2-3,8,10H,4-7H2,1H3,(H,19,20,21). The summed E-state index contributed by atoms with van der Waals surface area (Å²) in [4.78, 5) is 4.39. The second-order valence-corrected chi connectivity index (χ2v) is 5.64. The van der Waals surface area contributed by atoms with Gasteiger partial charge in [-0.05, 0) is 43.5 Å². The Bertz CT molecular complexity index is 641. The Kier molecular flexibility index (Phi) is 3.47. The molecule has 3 nitrogen and oxygen atoms in total. The fourth-order valence-corrected chi connectivity index (χ4v) is 2.68. The van der Waals surface area contributed by atoms with Crippen molar-refractivity contribution in [1.82, 2.24) is 15.2 Å². The van der Waals surface area contributed by atoms with Gasteiger partial charge in [0, 0.05) is 24.3 Å². The molecule has 0 aliphatic heterocycles. The number of nitrogens with one attached hydrogen (secondary N) is 1. The van der Waals surface area contributed by atoms with Crippen molar-refractivity contribution >= 4 is 0 Å². The van der Waals surface area contributed by atoms with Gasteiger partial charge in [0.2, 0.25) is 5.92 Å². The third-order valence-corrected chi connectivity index (χ3v) is 4.02. The van der Waals surface area contributed by atoms with Gasteiger partial charge in [-0.15, -0.1) is 0 Å². The second kappa shape index (κ2) is 5.16. The number of halogens is 3. The van der Waals surface area contributed by atoms with Crippen LogP contribution in [0.2, 0.25) is 0 Å². The molecule has 0 spiro atoms. The van der Waals surface area contributed by atoms with E-state index < -0.39 is 5.92 Å². The molecule has 1 aromatic carbocycles. The summed E-state index contributed by atoms with van der Waals surface area (Å²) >= 11 is 0. The molecular formula is C15H16F3N3. The summed E-state index contributed by atoms with van der Waals surface area (Å²) in [6, 6.07) is 4.67. The number of nitrogens with zero attached hydrogens (tertiary/aromatic N) is 2. The number of H-pyrrole nitrogens is 1. The fourth-order valence-electron chi connectivity index (χ4n) is 2.68. The van der Waals surface area contributed by atoms with E-state index in [4.69, 9.17) is 0 Å². The fraction of sp³-hybridized carbons (Fsp3) is 0.467. The summed E-state index contributed by atoms with van der Waals surface area (Å²) in [7, 11) is 0. The molecule has 1 fully saturated rings. The predicted molar refractivity (Wildman–Crippen MR) is 72.7 cm³/mol. The van der Waals surface area contributed by atoms with Crippen molar-refractivity contribution in [3.05, 3.63) is 35.4 Å². The van der Waals surface area contributed by atoms with Crippen LogP contribution in [0.4, 0.5) is 13.2 Å². The molecular weight excluding hydrogens is 279 g/mol. The van der Waals surface area contributed by atoms with Gasteiger partial charge in [0.15, 0.2) is 5.82 Å². The Labute approximate surface area is 120 Å². The highest BCUT2D eigenvalue weighted by Gasteiger charge is 2.36. The molecule has 0 radical (unpaired) electrons. The number of aryl methyl sites for hydroxylation is 1. The monoisotopic (exact) mass is 295 g/mol. The lowest BCUT2D eigenvalue weighted by molar-refractivity contribution is -0.0387. The maximum Gasteiger partial charge on any atom is 0.248 e. The first-order valence-corrected chi connectivity index (χ1v) is 7.01. The van der Waals surface area contributed by atoms with Gasteiger partial charge in [0.1, 0.15) is 11.6 Å². The van der Waals surface area contributed by atoms with Crippen LogP contribution in [0, 0.1) is 12.7 Å². The van der Waals surface area contributed by atoms with E-state index >= 15 is 0 Å². The van der Waals surface area contributed by atoms with Crippen LogP contribution >= 0.6 is 0 Å². The van der Waals surface area contributed by atoms with Crippen molar-refractivity contribution in [1.29, 1.82) is 0 Å². The third kappa shape index (κ3) is 2.94. The van der Waals surface area contributed by atoms with E-state index in [1.807, 2.05) is 0 Å². The molecule has 0 saturated heterocycles. The summed E-state index contributed by atoms with van der Waals surface area (Å²) in [5, 5.41) is 6.96. The highest BCUT2D eigenvalue weighted by Crippen LogP contribution is 2.40. The normalized spacial score (nSPS) is 18.9. The van der Waals surface area contributed by atoms with Crippen LogP contribution in [0.15, 0.2) is 18.2 Å². The van der Waals surface area contributed by atoms with E-state index in [-0.39, 0.29) is 24.6 Å². The van der Waals surface area contributed by atoms with Gasteiger partial charge in [-0.25, -0.2) is 18.2 Å². The Hall–Kier alpha value is -1.85. The summed E-state index contributed by atoms with van der Waals surface area (Å²) in [5.74, 6) is -1.71. The van der Waals surface area contributed by atoms with Gasteiger partial charge >= 0.3 is 0 Å². The maximum atomic E-state index is 13.3. The minimum atomic E-state index is -2.55. The molecule has 1 aliphatic rings. The molecule has 0 amide bonds. The SMILES string of the molecule is Cc1cc(-c2n[nH]c(C3CCC(F)(F)CC3)n2)ccc1F. The molecule has 1 N–H and O–H groups in total. The predicted octanol–water partition coefficient (Wildman–Crippen LogP) is 4.21. The highest BCUT2D eigenvalue weighted by atomic mass is 19.3. The zero-order chi connectivity index (χ0) is 15.0. The maximum absolute atomic E-state index is 13.3. The molecule has 1 heterocycles. The van der Waals surface area contributed by atoms with E-state index in [0.29, 0.717) is 30.1 Å². The average Bonchev–Trinajstić information content (AvgIpc) is 2.91. The number of aromatic amines is 1. The van der Waals surface area contributed by atoms with Crippen LogP contribution in [0.3, 0.4) is 0 Å². The smallest absolute Gasteiger partial charge is 0.248 e. The minimum absolute atomic E-state index is 0.00702. The molecule has 0 unspecified atom stereocenters. The van der Waals surface area contributed by atoms with Crippen molar-refractivity contribution in [2.24, 2.45) is 0 Å². The van der Waals surface area contributed by atoms with Gasteiger partial charge in [-0.3, -0.25) is 5.10 Å². The first-order chi connectivity index (χ1) is 9.94. The zero-order valence-corrected chi connectivity index (χ0v) is 11.7. The topological polar surface area (TPSA) is 41.6 Å². The number of rotatable bonds is 2. The molecule has 1 aromatic heterocycles. The molecule has 2 aromatic rings. The highest BCUT2D eigenvalue weighted by molar-refractivity contribution is 5.55. The van der Waals surface area contributed by atoms with Crippen molar-refractivity contribution in [2.75, 3.05) is 0 Å². The van der Waals surface area contributed by atoms with Crippen LogP contribution in [-0.2, 0) is 0 Å². The van der Waals surface area contributed by atoms with Gasteiger partial charge in [-0.2, -0.15) is 5.10 Å². The van der Waals surface area contributed by atoms with E-state index in [9.17, 15) is 13.2 Å². The van der Waals surface area contributed by atoms with E-state index in [2.05, 4.69) is 15.2 Å². The summed E-state index contributed by atoms with van der Waals surface area (Å²) in [6.45, 7) is 1.68. The number of hydrogen-bond donors (Lipinski definition) is 1. The quantitative estimate of drug-likeness (QED) is 0.901. The molecule has 6 heteroatoms. The Morgan fingerprint density at radius 1 is 1.24 bits per heavy atom. The van der Waals surface area contributed by atoms with Gasteiger partial charge < -0.3 is 0 Å². The Morgan fingerprint density at radius 2 is 1.95 bits per heavy atom. The molecule has 3 rings (SSSR count). The third-order valence-electron chi connectivity index (χ3n) is 4.02.